The molecule has 2 atom stereocenters. The number of fused-ring (bicyclic) bond motifs is 5. The number of rotatable bonds is 0. The van der Waals surface area contributed by atoms with Crippen LogP contribution < -0.4 is 0 Å². The van der Waals surface area contributed by atoms with E-state index in [1.54, 1.807) is 11.1 Å². The molecule has 2 aliphatic rings. The fraction of sp³-hybridized carbons (Fsp3) is 0.500. The normalized spacial score (nSPS) is 36.9. The van der Waals surface area contributed by atoms with Gasteiger partial charge in [-0.1, -0.05) is 31.2 Å². The van der Waals surface area contributed by atoms with Crippen molar-refractivity contribution in [1.82, 2.24) is 0 Å². The van der Waals surface area contributed by atoms with Crippen molar-refractivity contribution in [2.24, 2.45) is 0 Å². The fourth-order valence-electron chi connectivity index (χ4n) is 3.15. The molecule has 0 heterocycles. The average Bonchev–Trinajstić information content (AvgIpc) is 2.60. The Morgan fingerprint density at radius 2 is 2.17 bits per heavy atom. The van der Waals surface area contributed by atoms with E-state index in [4.69, 9.17) is 0 Å². The van der Waals surface area contributed by atoms with E-state index in [0.29, 0.717) is 5.41 Å². The number of hydrogen-bond donors (Lipinski definition) is 0. The quantitative estimate of drug-likeness (QED) is 0.544. The number of benzene rings is 1. The molecule has 0 aromatic heterocycles. The van der Waals surface area contributed by atoms with Crippen LogP contribution in [0.5, 0.6) is 0 Å². The van der Waals surface area contributed by atoms with Gasteiger partial charge in [0.05, 0.1) is 0 Å². The maximum Gasteiger partial charge on any atom is -0.00664 e. The summed E-state index contributed by atoms with van der Waals surface area (Å²) in [6.07, 6.45) is 4.24. The Morgan fingerprint density at radius 1 is 1.33 bits per heavy atom. The summed E-state index contributed by atoms with van der Waals surface area (Å²) in [6, 6.07) is 9.02. The molecule has 12 heavy (non-hydrogen) atoms. The first-order valence-electron chi connectivity index (χ1n) is 4.89. The predicted molar refractivity (Wildman–Crippen MR) is 50.4 cm³/mol. The van der Waals surface area contributed by atoms with Crippen LogP contribution in [0.4, 0.5) is 0 Å². The highest BCUT2D eigenvalue weighted by Gasteiger charge is 2.45. The Hall–Kier alpha value is -0.780. The SMILES string of the molecule is CC12CCC(C1)c1ccccc12. The lowest BCUT2D eigenvalue weighted by Gasteiger charge is -2.23. The van der Waals surface area contributed by atoms with Crippen molar-refractivity contribution >= 4 is 0 Å². The van der Waals surface area contributed by atoms with E-state index >= 15 is 0 Å². The molecule has 0 nitrogen and oxygen atoms in total. The van der Waals surface area contributed by atoms with Crippen LogP contribution in [0.2, 0.25) is 0 Å². The lowest BCUT2D eigenvalue weighted by atomic mass is 9.81. The van der Waals surface area contributed by atoms with Crippen molar-refractivity contribution in [3.63, 3.8) is 0 Å². The van der Waals surface area contributed by atoms with Crippen molar-refractivity contribution in [2.45, 2.75) is 37.5 Å². The Morgan fingerprint density at radius 3 is 3.00 bits per heavy atom. The van der Waals surface area contributed by atoms with Crippen molar-refractivity contribution < 1.29 is 0 Å². The van der Waals surface area contributed by atoms with Gasteiger partial charge in [-0.2, -0.15) is 0 Å². The minimum absolute atomic E-state index is 0.543. The molecule has 0 radical (unpaired) electrons. The zero-order valence-corrected chi connectivity index (χ0v) is 7.51. The van der Waals surface area contributed by atoms with Gasteiger partial charge in [-0.05, 0) is 41.7 Å². The highest BCUT2D eigenvalue weighted by molar-refractivity contribution is 5.44. The standard InChI is InChI=1S/C12H14/c1-12-7-6-9(8-12)10-4-2-3-5-11(10)12/h2-5,9H,6-8H2,1H3. The summed E-state index contributed by atoms with van der Waals surface area (Å²) in [6.45, 7) is 2.43. The summed E-state index contributed by atoms with van der Waals surface area (Å²) >= 11 is 0. The van der Waals surface area contributed by atoms with Gasteiger partial charge in [0.1, 0.15) is 0 Å². The van der Waals surface area contributed by atoms with Gasteiger partial charge in [0.15, 0.2) is 0 Å². The summed E-state index contributed by atoms with van der Waals surface area (Å²) in [5.41, 5.74) is 3.83. The van der Waals surface area contributed by atoms with E-state index in [1.165, 1.54) is 19.3 Å². The zero-order valence-electron chi connectivity index (χ0n) is 7.51. The average molecular weight is 158 g/mol. The largest absolute Gasteiger partial charge is 0.0620 e. The molecule has 1 saturated carbocycles. The van der Waals surface area contributed by atoms with Crippen LogP contribution in [0.3, 0.4) is 0 Å². The minimum Gasteiger partial charge on any atom is -0.0620 e. The third kappa shape index (κ3) is 0.639. The molecule has 0 heteroatoms. The molecular weight excluding hydrogens is 144 g/mol. The van der Waals surface area contributed by atoms with E-state index in [1.807, 2.05) is 0 Å². The minimum atomic E-state index is 0.543. The topological polar surface area (TPSA) is 0 Å². The lowest BCUT2D eigenvalue weighted by molar-refractivity contribution is 0.505. The van der Waals surface area contributed by atoms with Crippen LogP contribution in [0.1, 0.15) is 43.2 Å². The molecule has 3 rings (SSSR count). The second kappa shape index (κ2) is 1.93. The summed E-state index contributed by atoms with van der Waals surface area (Å²) in [7, 11) is 0. The molecule has 0 N–H and O–H groups in total. The molecule has 1 fully saturated rings. The van der Waals surface area contributed by atoms with Gasteiger partial charge in [0.25, 0.3) is 0 Å². The van der Waals surface area contributed by atoms with Crippen LogP contribution in [0.25, 0.3) is 0 Å². The van der Waals surface area contributed by atoms with Gasteiger partial charge < -0.3 is 0 Å². The van der Waals surface area contributed by atoms with Crippen LogP contribution in [-0.4, -0.2) is 0 Å². The first-order valence-corrected chi connectivity index (χ1v) is 4.89. The maximum atomic E-state index is 2.43. The van der Waals surface area contributed by atoms with Gasteiger partial charge in [-0.15, -0.1) is 0 Å². The third-order valence-electron chi connectivity index (χ3n) is 3.79. The summed E-state index contributed by atoms with van der Waals surface area (Å²) in [5.74, 6) is 0.895. The molecule has 62 valence electrons. The van der Waals surface area contributed by atoms with Gasteiger partial charge in [0.2, 0.25) is 0 Å². The highest BCUT2D eigenvalue weighted by atomic mass is 14.5. The Labute approximate surface area is 73.6 Å². The number of hydrogen-bond acceptors (Lipinski definition) is 0. The predicted octanol–water partition coefficient (Wildman–Crippen LogP) is 3.23. The smallest absolute Gasteiger partial charge is 0.00664 e. The summed E-state index contributed by atoms with van der Waals surface area (Å²) < 4.78 is 0. The monoisotopic (exact) mass is 158 g/mol. The van der Waals surface area contributed by atoms with E-state index < -0.39 is 0 Å². The zero-order chi connectivity index (χ0) is 8.18. The van der Waals surface area contributed by atoms with Crippen molar-refractivity contribution in [3.05, 3.63) is 35.4 Å². The summed E-state index contributed by atoms with van der Waals surface area (Å²) in [5, 5.41) is 0. The van der Waals surface area contributed by atoms with Crippen molar-refractivity contribution in [3.8, 4) is 0 Å². The van der Waals surface area contributed by atoms with E-state index in [0.717, 1.165) is 5.92 Å². The van der Waals surface area contributed by atoms with E-state index in [-0.39, 0.29) is 0 Å². The van der Waals surface area contributed by atoms with Crippen LogP contribution >= 0.6 is 0 Å². The van der Waals surface area contributed by atoms with Crippen LogP contribution in [0.15, 0.2) is 24.3 Å². The molecule has 0 aliphatic heterocycles. The molecule has 0 saturated heterocycles. The Kier molecular flexibility index (Phi) is 1.08. The second-order valence-corrected chi connectivity index (χ2v) is 4.59. The third-order valence-corrected chi connectivity index (χ3v) is 3.79. The highest BCUT2D eigenvalue weighted by Crippen LogP contribution is 2.56. The van der Waals surface area contributed by atoms with Gasteiger partial charge >= 0.3 is 0 Å². The first-order chi connectivity index (χ1) is 5.80. The van der Waals surface area contributed by atoms with Crippen molar-refractivity contribution in [2.75, 3.05) is 0 Å². The maximum absolute atomic E-state index is 2.43. The molecule has 2 unspecified atom stereocenters. The summed E-state index contributed by atoms with van der Waals surface area (Å²) in [4.78, 5) is 0. The van der Waals surface area contributed by atoms with Crippen molar-refractivity contribution in [1.29, 1.82) is 0 Å². The van der Waals surface area contributed by atoms with E-state index in [2.05, 4.69) is 31.2 Å². The van der Waals surface area contributed by atoms with Gasteiger partial charge in [0, 0.05) is 0 Å². The lowest BCUT2D eigenvalue weighted by Crippen LogP contribution is -2.15. The molecule has 0 spiro atoms. The second-order valence-electron chi connectivity index (χ2n) is 4.59. The fourth-order valence-corrected chi connectivity index (χ4v) is 3.15. The molecule has 1 aromatic carbocycles. The molecule has 1 aromatic rings. The molecule has 2 aliphatic carbocycles. The van der Waals surface area contributed by atoms with Gasteiger partial charge in [-0.25, -0.2) is 0 Å². The molecule has 0 amide bonds. The van der Waals surface area contributed by atoms with Gasteiger partial charge in [-0.3, -0.25) is 0 Å². The Bertz CT molecular complexity index is 327. The molecule has 2 bridgehead atoms. The first kappa shape index (κ1) is 6.71. The van der Waals surface area contributed by atoms with Crippen LogP contribution in [-0.2, 0) is 5.41 Å². The van der Waals surface area contributed by atoms with Crippen LogP contribution in [0, 0.1) is 0 Å². The van der Waals surface area contributed by atoms with E-state index in [9.17, 15) is 0 Å². The Balaban J connectivity index is 2.27. The molecular formula is C12H14.